The monoisotopic (exact) mass is 323 g/mol. The molecule has 0 saturated carbocycles. The minimum atomic E-state index is -0.911. The lowest BCUT2D eigenvalue weighted by Crippen LogP contribution is -2.31. The number of rotatable bonds is 6. The summed E-state index contributed by atoms with van der Waals surface area (Å²) in [5, 5.41) is 18.1. The second-order valence-electron chi connectivity index (χ2n) is 4.58. The molecule has 0 aliphatic carbocycles. The molecule has 0 saturated heterocycles. The molecular weight excluding hydrogens is 309 g/mol. The van der Waals surface area contributed by atoms with E-state index in [1.54, 1.807) is 11.3 Å². The van der Waals surface area contributed by atoms with E-state index in [9.17, 15) is 19.3 Å². The van der Waals surface area contributed by atoms with E-state index < -0.39 is 16.4 Å². The van der Waals surface area contributed by atoms with Crippen molar-refractivity contribution in [1.82, 2.24) is 5.32 Å². The van der Waals surface area contributed by atoms with Crippen LogP contribution in [-0.4, -0.2) is 17.4 Å². The molecule has 0 radical (unpaired) electrons. The van der Waals surface area contributed by atoms with Crippen LogP contribution in [0.3, 0.4) is 0 Å². The van der Waals surface area contributed by atoms with Gasteiger partial charge in [-0.15, -0.1) is 11.3 Å². The molecule has 0 fully saturated rings. The van der Waals surface area contributed by atoms with E-state index in [1.807, 2.05) is 24.4 Å². The Morgan fingerprint density at radius 1 is 1.45 bits per heavy atom. The van der Waals surface area contributed by atoms with Crippen molar-refractivity contribution in [3.8, 4) is 0 Å². The quantitative estimate of drug-likeness (QED) is 0.632. The molecular formula is C14H14FN3O3S. The van der Waals surface area contributed by atoms with Gasteiger partial charge in [-0.1, -0.05) is 6.07 Å². The Hall–Kier alpha value is -2.48. The smallest absolute Gasteiger partial charge is 0.306 e. The van der Waals surface area contributed by atoms with Gasteiger partial charge in [-0.3, -0.25) is 14.9 Å². The van der Waals surface area contributed by atoms with E-state index in [4.69, 9.17) is 0 Å². The van der Waals surface area contributed by atoms with Crippen LogP contribution in [0.2, 0.25) is 0 Å². The number of thiophene rings is 1. The molecule has 2 aromatic rings. The van der Waals surface area contributed by atoms with Crippen LogP contribution in [0.1, 0.15) is 17.8 Å². The largest absolute Gasteiger partial charge is 0.376 e. The molecule has 1 heterocycles. The number of carbonyl (C=O) groups excluding carboxylic acids is 1. The zero-order chi connectivity index (χ0) is 16.1. The van der Waals surface area contributed by atoms with Gasteiger partial charge < -0.3 is 10.6 Å². The van der Waals surface area contributed by atoms with Gasteiger partial charge in [0, 0.05) is 16.6 Å². The standard InChI is InChI=1S/C14H14FN3O3S/c1-9(13-3-2-6-22-13)17-14(19)8-16-10-4-5-11(15)12(7-10)18(20)21/h2-7,9,16H,8H2,1H3,(H,17,19)/t9-/m0/s1. The van der Waals surface area contributed by atoms with Crippen molar-refractivity contribution in [3.05, 3.63) is 56.5 Å². The highest BCUT2D eigenvalue weighted by Crippen LogP contribution is 2.21. The van der Waals surface area contributed by atoms with Crippen molar-refractivity contribution in [2.75, 3.05) is 11.9 Å². The Labute approximate surface area is 130 Å². The van der Waals surface area contributed by atoms with Gasteiger partial charge in [0.15, 0.2) is 0 Å². The van der Waals surface area contributed by atoms with Crippen LogP contribution in [0.5, 0.6) is 0 Å². The summed E-state index contributed by atoms with van der Waals surface area (Å²) in [6.07, 6.45) is 0. The third-order valence-electron chi connectivity index (χ3n) is 2.94. The van der Waals surface area contributed by atoms with E-state index in [0.29, 0.717) is 5.69 Å². The first-order valence-electron chi connectivity index (χ1n) is 6.48. The lowest BCUT2D eigenvalue weighted by atomic mass is 10.2. The predicted octanol–water partition coefficient (Wildman–Crippen LogP) is 3.08. The van der Waals surface area contributed by atoms with Crippen molar-refractivity contribution < 1.29 is 14.1 Å². The van der Waals surface area contributed by atoms with E-state index in [-0.39, 0.29) is 18.5 Å². The van der Waals surface area contributed by atoms with Gasteiger partial charge in [-0.2, -0.15) is 4.39 Å². The van der Waals surface area contributed by atoms with Gasteiger partial charge in [0.1, 0.15) is 0 Å². The van der Waals surface area contributed by atoms with Gasteiger partial charge in [0.25, 0.3) is 0 Å². The first kappa shape index (κ1) is 15.9. The van der Waals surface area contributed by atoms with E-state index in [1.165, 1.54) is 6.07 Å². The molecule has 1 amide bonds. The van der Waals surface area contributed by atoms with Gasteiger partial charge in [-0.05, 0) is 30.5 Å². The van der Waals surface area contributed by atoms with Crippen LogP contribution in [-0.2, 0) is 4.79 Å². The predicted molar refractivity (Wildman–Crippen MR) is 82.4 cm³/mol. The zero-order valence-corrected chi connectivity index (χ0v) is 12.5. The SMILES string of the molecule is C[C@H](NC(=O)CNc1ccc(F)c([N+](=O)[O-])c1)c1cccs1. The van der Waals surface area contributed by atoms with E-state index >= 15 is 0 Å². The number of nitro groups is 1. The highest BCUT2D eigenvalue weighted by molar-refractivity contribution is 7.10. The minimum Gasteiger partial charge on any atom is -0.376 e. The number of carbonyl (C=O) groups is 1. The summed E-state index contributed by atoms with van der Waals surface area (Å²) in [4.78, 5) is 22.7. The molecule has 0 aliphatic heterocycles. The van der Waals surface area contributed by atoms with Crippen molar-refractivity contribution in [3.63, 3.8) is 0 Å². The summed E-state index contributed by atoms with van der Waals surface area (Å²) in [6.45, 7) is 1.81. The molecule has 2 N–H and O–H groups in total. The summed E-state index contributed by atoms with van der Waals surface area (Å²) >= 11 is 1.54. The maximum atomic E-state index is 13.2. The summed E-state index contributed by atoms with van der Waals surface area (Å²) in [7, 11) is 0. The molecule has 1 aromatic carbocycles. The molecule has 0 bridgehead atoms. The number of hydrogen-bond acceptors (Lipinski definition) is 5. The average molecular weight is 323 g/mol. The molecule has 116 valence electrons. The number of benzene rings is 1. The third kappa shape index (κ3) is 4.01. The maximum Gasteiger partial charge on any atom is 0.306 e. The maximum absolute atomic E-state index is 13.2. The second kappa shape index (κ2) is 6.99. The summed E-state index contributed by atoms with van der Waals surface area (Å²) in [5.41, 5.74) is -0.315. The molecule has 22 heavy (non-hydrogen) atoms. The fraction of sp³-hybridized carbons (Fsp3) is 0.214. The number of hydrogen-bond donors (Lipinski definition) is 2. The topological polar surface area (TPSA) is 84.3 Å². The summed E-state index contributed by atoms with van der Waals surface area (Å²) < 4.78 is 13.2. The number of halogens is 1. The van der Waals surface area contributed by atoms with E-state index in [2.05, 4.69) is 10.6 Å². The molecule has 2 rings (SSSR count). The van der Waals surface area contributed by atoms with Crippen LogP contribution in [0.25, 0.3) is 0 Å². The van der Waals surface area contributed by atoms with Crippen LogP contribution < -0.4 is 10.6 Å². The lowest BCUT2D eigenvalue weighted by Gasteiger charge is -2.13. The van der Waals surface area contributed by atoms with Crippen LogP contribution in [0.4, 0.5) is 15.8 Å². The number of nitrogens with one attached hydrogen (secondary N) is 2. The Bertz CT molecular complexity index is 676. The van der Waals surface area contributed by atoms with Crippen LogP contribution in [0, 0.1) is 15.9 Å². The lowest BCUT2D eigenvalue weighted by molar-refractivity contribution is -0.387. The molecule has 0 unspecified atom stereocenters. The summed E-state index contributed by atoms with van der Waals surface area (Å²) in [5.74, 6) is -1.17. The van der Waals surface area contributed by atoms with Crippen molar-refractivity contribution >= 4 is 28.6 Å². The fourth-order valence-corrected chi connectivity index (χ4v) is 2.58. The van der Waals surface area contributed by atoms with E-state index in [0.717, 1.165) is 17.0 Å². The second-order valence-corrected chi connectivity index (χ2v) is 5.56. The highest BCUT2D eigenvalue weighted by Gasteiger charge is 2.15. The van der Waals surface area contributed by atoms with Crippen molar-refractivity contribution in [2.24, 2.45) is 0 Å². The number of amides is 1. The molecule has 1 atom stereocenters. The number of nitro benzene ring substituents is 1. The number of anilines is 1. The van der Waals surface area contributed by atoms with Crippen molar-refractivity contribution in [2.45, 2.75) is 13.0 Å². The highest BCUT2D eigenvalue weighted by atomic mass is 32.1. The van der Waals surface area contributed by atoms with Gasteiger partial charge >= 0.3 is 5.69 Å². The van der Waals surface area contributed by atoms with Crippen LogP contribution in [0.15, 0.2) is 35.7 Å². The Morgan fingerprint density at radius 3 is 2.86 bits per heavy atom. The fourth-order valence-electron chi connectivity index (χ4n) is 1.85. The van der Waals surface area contributed by atoms with Gasteiger partial charge in [0.05, 0.1) is 17.5 Å². The Kier molecular flexibility index (Phi) is 5.05. The normalized spacial score (nSPS) is 11.7. The molecule has 8 heteroatoms. The molecule has 6 nitrogen and oxygen atoms in total. The van der Waals surface area contributed by atoms with Gasteiger partial charge in [-0.25, -0.2) is 0 Å². The average Bonchev–Trinajstić information content (AvgIpc) is 3.00. The van der Waals surface area contributed by atoms with Crippen molar-refractivity contribution in [1.29, 1.82) is 0 Å². The summed E-state index contributed by atoms with van der Waals surface area (Å²) in [6, 6.07) is 7.11. The Morgan fingerprint density at radius 2 is 2.23 bits per heavy atom. The van der Waals surface area contributed by atoms with Crippen LogP contribution >= 0.6 is 11.3 Å². The van der Waals surface area contributed by atoms with Gasteiger partial charge in [0.2, 0.25) is 11.7 Å². The Balaban J connectivity index is 1.91. The molecule has 1 aromatic heterocycles. The first-order chi connectivity index (χ1) is 10.5. The third-order valence-corrected chi connectivity index (χ3v) is 4.00. The zero-order valence-electron chi connectivity index (χ0n) is 11.7. The molecule has 0 spiro atoms. The number of nitrogens with zero attached hydrogens (tertiary/aromatic N) is 1. The first-order valence-corrected chi connectivity index (χ1v) is 7.36. The molecule has 0 aliphatic rings. The minimum absolute atomic E-state index is 0.0570.